The number of carbonyl (C=O) groups is 2. The third kappa shape index (κ3) is 3.11. The standard InChI is InChI=1S/C23H19N3O4S/c27-22-17-9-4-5-10-18(17)23(28)26(22)14-13-25-15-20(19-11-6-12-24-21(19)25)31(29,30)16-7-2-1-3-8-16/h1-12,20H,13-15H2. The summed E-state index contributed by atoms with van der Waals surface area (Å²) >= 11 is 0. The van der Waals surface area contributed by atoms with Crippen LogP contribution in [0.15, 0.2) is 77.8 Å². The van der Waals surface area contributed by atoms with E-state index in [1.165, 1.54) is 4.90 Å². The number of anilines is 1. The Balaban J connectivity index is 1.40. The van der Waals surface area contributed by atoms with Gasteiger partial charge in [0.1, 0.15) is 11.1 Å². The molecular weight excluding hydrogens is 414 g/mol. The van der Waals surface area contributed by atoms with E-state index < -0.39 is 15.1 Å². The molecule has 0 fully saturated rings. The van der Waals surface area contributed by atoms with Gasteiger partial charge in [-0.1, -0.05) is 36.4 Å². The van der Waals surface area contributed by atoms with Crippen LogP contribution in [0.25, 0.3) is 0 Å². The average molecular weight is 433 g/mol. The van der Waals surface area contributed by atoms with Crippen molar-refractivity contribution < 1.29 is 18.0 Å². The highest BCUT2D eigenvalue weighted by atomic mass is 32.2. The van der Waals surface area contributed by atoms with E-state index in [-0.39, 0.29) is 29.8 Å². The van der Waals surface area contributed by atoms with Crippen molar-refractivity contribution in [3.63, 3.8) is 0 Å². The molecule has 2 amide bonds. The molecule has 0 N–H and O–H groups in total. The average Bonchev–Trinajstić information content (AvgIpc) is 3.29. The smallest absolute Gasteiger partial charge is 0.261 e. The van der Waals surface area contributed by atoms with Crippen molar-refractivity contribution in [2.24, 2.45) is 0 Å². The first kappa shape index (κ1) is 19.4. The molecule has 0 spiro atoms. The maximum atomic E-state index is 13.3. The molecule has 31 heavy (non-hydrogen) atoms. The Morgan fingerprint density at radius 3 is 2.16 bits per heavy atom. The Bertz CT molecular complexity index is 1260. The van der Waals surface area contributed by atoms with Crippen LogP contribution in [0.5, 0.6) is 0 Å². The number of benzene rings is 2. The highest BCUT2D eigenvalue weighted by molar-refractivity contribution is 7.91. The zero-order valence-corrected chi connectivity index (χ0v) is 17.3. The van der Waals surface area contributed by atoms with Gasteiger partial charge in [-0.15, -0.1) is 0 Å². The molecule has 2 aliphatic heterocycles. The summed E-state index contributed by atoms with van der Waals surface area (Å²) in [6.07, 6.45) is 1.62. The number of nitrogens with zero attached hydrogens (tertiary/aromatic N) is 3. The first-order valence-corrected chi connectivity index (χ1v) is 11.5. The summed E-state index contributed by atoms with van der Waals surface area (Å²) < 4.78 is 26.6. The molecule has 0 radical (unpaired) electrons. The molecule has 1 aromatic heterocycles. The number of aromatic nitrogens is 1. The van der Waals surface area contributed by atoms with Gasteiger partial charge >= 0.3 is 0 Å². The largest absolute Gasteiger partial charge is 0.353 e. The zero-order valence-electron chi connectivity index (χ0n) is 16.5. The van der Waals surface area contributed by atoms with Crippen LogP contribution in [0.4, 0.5) is 5.82 Å². The molecule has 8 heteroatoms. The summed E-state index contributed by atoms with van der Waals surface area (Å²) in [7, 11) is -3.62. The third-order valence-corrected chi connectivity index (χ3v) is 7.85. The molecule has 5 rings (SSSR count). The predicted octanol–water partition coefficient (Wildman–Crippen LogP) is 2.71. The van der Waals surface area contributed by atoms with Crippen molar-refractivity contribution >= 4 is 27.5 Å². The normalized spacial score (nSPS) is 17.7. The number of hydrogen-bond acceptors (Lipinski definition) is 6. The van der Waals surface area contributed by atoms with Crippen molar-refractivity contribution in [1.29, 1.82) is 0 Å². The van der Waals surface area contributed by atoms with E-state index >= 15 is 0 Å². The van der Waals surface area contributed by atoms with Crippen LogP contribution >= 0.6 is 0 Å². The van der Waals surface area contributed by atoms with Crippen LogP contribution in [0.1, 0.15) is 31.5 Å². The molecule has 3 aromatic rings. The number of sulfone groups is 1. The van der Waals surface area contributed by atoms with Crippen LogP contribution in [0.2, 0.25) is 0 Å². The number of imide groups is 1. The van der Waals surface area contributed by atoms with Gasteiger partial charge in [-0.25, -0.2) is 13.4 Å². The first-order chi connectivity index (χ1) is 15.0. The fraction of sp³-hybridized carbons (Fsp3) is 0.174. The minimum atomic E-state index is -3.62. The highest BCUT2D eigenvalue weighted by Crippen LogP contribution is 2.40. The molecule has 0 bridgehead atoms. The summed E-state index contributed by atoms with van der Waals surface area (Å²) in [5.41, 5.74) is 1.43. The number of fused-ring (bicyclic) bond motifs is 2. The minimum Gasteiger partial charge on any atom is -0.353 e. The summed E-state index contributed by atoms with van der Waals surface area (Å²) in [6.45, 7) is 0.670. The lowest BCUT2D eigenvalue weighted by atomic mass is 10.1. The second-order valence-corrected chi connectivity index (χ2v) is 9.65. The maximum absolute atomic E-state index is 13.3. The van der Waals surface area contributed by atoms with Crippen LogP contribution in [0.3, 0.4) is 0 Å². The zero-order chi connectivity index (χ0) is 21.6. The van der Waals surface area contributed by atoms with Crippen LogP contribution in [0, 0.1) is 0 Å². The Morgan fingerprint density at radius 2 is 1.48 bits per heavy atom. The summed E-state index contributed by atoms with van der Waals surface area (Å²) in [4.78, 5) is 33.0. The molecule has 1 atom stereocenters. The van der Waals surface area contributed by atoms with Crippen LogP contribution < -0.4 is 4.90 Å². The third-order valence-electron chi connectivity index (χ3n) is 5.77. The fourth-order valence-corrected chi connectivity index (χ4v) is 5.97. The van der Waals surface area contributed by atoms with E-state index in [1.54, 1.807) is 72.9 Å². The highest BCUT2D eigenvalue weighted by Gasteiger charge is 2.40. The van der Waals surface area contributed by atoms with Gasteiger partial charge in [0.05, 0.1) is 16.0 Å². The maximum Gasteiger partial charge on any atom is 0.261 e. The molecule has 156 valence electrons. The van der Waals surface area contributed by atoms with Gasteiger partial charge in [-0.2, -0.15) is 0 Å². The Hall–Kier alpha value is -3.52. The lowest BCUT2D eigenvalue weighted by Crippen LogP contribution is -2.38. The number of hydrogen-bond donors (Lipinski definition) is 0. The molecule has 1 unspecified atom stereocenters. The van der Waals surface area contributed by atoms with Gasteiger partial charge in [0.2, 0.25) is 0 Å². The number of amides is 2. The minimum absolute atomic E-state index is 0.153. The molecule has 0 saturated heterocycles. The lowest BCUT2D eigenvalue weighted by Gasteiger charge is -2.22. The number of rotatable bonds is 5. The lowest BCUT2D eigenvalue weighted by molar-refractivity contribution is 0.0658. The molecule has 2 aromatic carbocycles. The van der Waals surface area contributed by atoms with Gasteiger partial charge in [0, 0.05) is 31.4 Å². The molecule has 7 nitrogen and oxygen atoms in total. The Labute approximate surface area is 179 Å². The molecule has 0 aliphatic carbocycles. The van der Waals surface area contributed by atoms with E-state index in [2.05, 4.69) is 4.98 Å². The molecule has 0 saturated carbocycles. The predicted molar refractivity (Wildman–Crippen MR) is 115 cm³/mol. The van der Waals surface area contributed by atoms with E-state index in [1.807, 2.05) is 4.90 Å². The van der Waals surface area contributed by atoms with Crippen molar-refractivity contribution in [3.05, 3.63) is 89.6 Å². The van der Waals surface area contributed by atoms with Crippen molar-refractivity contribution in [1.82, 2.24) is 9.88 Å². The van der Waals surface area contributed by atoms with Crippen LogP contribution in [-0.2, 0) is 9.84 Å². The number of carbonyl (C=O) groups excluding carboxylic acids is 2. The number of pyridine rings is 1. The topological polar surface area (TPSA) is 87.7 Å². The summed E-state index contributed by atoms with van der Waals surface area (Å²) in [5, 5.41) is -0.763. The molecular formula is C23H19N3O4S. The Kier molecular flexibility index (Phi) is 4.59. The van der Waals surface area contributed by atoms with Gasteiger partial charge < -0.3 is 4.90 Å². The second kappa shape index (κ2) is 7.31. The van der Waals surface area contributed by atoms with Gasteiger partial charge in [-0.05, 0) is 30.3 Å². The van der Waals surface area contributed by atoms with Gasteiger partial charge in [0.15, 0.2) is 9.84 Å². The van der Waals surface area contributed by atoms with Gasteiger partial charge in [0.25, 0.3) is 11.8 Å². The van der Waals surface area contributed by atoms with Crippen LogP contribution in [-0.4, -0.2) is 49.8 Å². The van der Waals surface area contributed by atoms with Crippen molar-refractivity contribution in [2.45, 2.75) is 10.1 Å². The van der Waals surface area contributed by atoms with E-state index in [0.29, 0.717) is 29.1 Å². The van der Waals surface area contributed by atoms with Gasteiger partial charge in [-0.3, -0.25) is 14.5 Å². The quantitative estimate of drug-likeness (QED) is 0.575. The van der Waals surface area contributed by atoms with E-state index in [4.69, 9.17) is 0 Å². The monoisotopic (exact) mass is 433 g/mol. The van der Waals surface area contributed by atoms with Crippen molar-refractivity contribution in [3.8, 4) is 0 Å². The first-order valence-electron chi connectivity index (χ1n) is 9.92. The fourth-order valence-electron chi connectivity index (χ4n) is 4.21. The van der Waals surface area contributed by atoms with E-state index in [0.717, 1.165) is 0 Å². The molecule has 3 heterocycles. The molecule has 2 aliphatic rings. The van der Waals surface area contributed by atoms with Crippen molar-refractivity contribution in [2.75, 3.05) is 24.5 Å². The second-order valence-electron chi connectivity index (χ2n) is 7.52. The SMILES string of the molecule is O=C1c2ccccc2C(=O)N1CCN1CC(S(=O)(=O)c2ccccc2)c2cccnc21. The van der Waals surface area contributed by atoms with E-state index in [9.17, 15) is 18.0 Å². The summed E-state index contributed by atoms with van der Waals surface area (Å²) in [6, 6.07) is 18.6. The Morgan fingerprint density at radius 1 is 0.839 bits per heavy atom. The summed E-state index contributed by atoms with van der Waals surface area (Å²) in [5.74, 6) is -0.0763.